The Morgan fingerprint density at radius 3 is 2.30 bits per heavy atom. The summed E-state index contributed by atoms with van der Waals surface area (Å²) in [6.45, 7) is 0.137. The third-order valence-electron chi connectivity index (χ3n) is 5.45. The standard InChI is InChI=1S/C23H25N5O5/c24-28-26-13-21(29)25-12-6-5-11-20(22(30)31)27-23(32)33-14-19-17-9-3-1-7-15(17)16-8-2-4-10-18(16)19/h1-4,7-10,19-20H,5-6,11-14H2,(H,25,29)(H,27,32)(H,30,31). The molecule has 10 heteroatoms. The maximum atomic E-state index is 12.3. The molecule has 0 spiro atoms. The van der Waals surface area contributed by atoms with Crippen LogP contribution in [-0.4, -0.2) is 48.8 Å². The second-order valence-electron chi connectivity index (χ2n) is 7.60. The number of nitrogens with zero attached hydrogens (tertiary/aromatic N) is 3. The van der Waals surface area contributed by atoms with E-state index in [4.69, 9.17) is 10.3 Å². The van der Waals surface area contributed by atoms with E-state index >= 15 is 0 Å². The number of unbranched alkanes of at least 4 members (excludes halogenated alkanes) is 1. The van der Waals surface area contributed by atoms with Gasteiger partial charge >= 0.3 is 12.1 Å². The van der Waals surface area contributed by atoms with Gasteiger partial charge in [-0.2, -0.15) is 0 Å². The van der Waals surface area contributed by atoms with Gasteiger partial charge in [0.1, 0.15) is 19.2 Å². The number of carbonyl (C=O) groups excluding carboxylic acids is 2. The highest BCUT2D eigenvalue weighted by Gasteiger charge is 2.29. The fourth-order valence-corrected chi connectivity index (χ4v) is 3.89. The Labute approximate surface area is 190 Å². The second-order valence-corrected chi connectivity index (χ2v) is 7.60. The Balaban J connectivity index is 1.47. The normalized spacial score (nSPS) is 12.6. The van der Waals surface area contributed by atoms with E-state index in [1.165, 1.54) is 0 Å². The van der Waals surface area contributed by atoms with Crippen molar-refractivity contribution in [3.05, 3.63) is 70.1 Å². The molecule has 10 nitrogen and oxygen atoms in total. The van der Waals surface area contributed by atoms with Crippen molar-refractivity contribution >= 4 is 18.0 Å². The quantitative estimate of drug-likeness (QED) is 0.206. The van der Waals surface area contributed by atoms with Gasteiger partial charge in [-0.25, -0.2) is 9.59 Å². The molecule has 0 bridgehead atoms. The monoisotopic (exact) mass is 451 g/mol. The molecule has 1 aliphatic carbocycles. The highest BCUT2D eigenvalue weighted by atomic mass is 16.5. The molecular formula is C23H25N5O5. The number of carboxylic acids is 1. The zero-order valence-corrected chi connectivity index (χ0v) is 17.9. The lowest BCUT2D eigenvalue weighted by atomic mass is 9.98. The minimum Gasteiger partial charge on any atom is -0.480 e. The first-order chi connectivity index (χ1) is 16.0. The third kappa shape index (κ3) is 6.24. The van der Waals surface area contributed by atoms with Crippen LogP contribution in [0.1, 0.15) is 36.3 Å². The number of hydrogen-bond acceptors (Lipinski definition) is 5. The first-order valence-corrected chi connectivity index (χ1v) is 10.6. The Hall–Kier alpha value is -4.04. The van der Waals surface area contributed by atoms with E-state index in [0.29, 0.717) is 19.4 Å². The van der Waals surface area contributed by atoms with E-state index in [0.717, 1.165) is 22.3 Å². The number of fused-ring (bicyclic) bond motifs is 3. The van der Waals surface area contributed by atoms with Crippen molar-refractivity contribution in [3.8, 4) is 11.1 Å². The summed E-state index contributed by atoms with van der Waals surface area (Å²) in [5.74, 6) is -1.67. The minimum atomic E-state index is -1.16. The molecule has 3 rings (SSSR count). The third-order valence-corrected chi connectivity index (χ3v) is 5.45. The van der Waals surface area contributed by atoms with E-state index in [9.17, 15) is 19.5 Å². The first-order valence-electron chi connectivity index (χ1n) is 10.6. The molecule has 2 amide bonds. The number of azide groups is 1. The van der Waals surface area contributed by atoms with Gasteiger partial charge in [-0.1, -0.05) is 53.6 Å². The highest BCUT2D eigenvalue weighted by molar-refractivity contribution is 5.81. The first kappa shape index (κ1) is 23.6. The average Bonchev–Trinajstić information content (AvgIpc) is 3.14. The van der Waals surface area contributed by atoms with Crippen molar-refractivity contribution in [1.82, 2.24) is 10.6 Å². The van der Waals surface area contributed by atoms with Crippen LogP contribution < -0.4 is 10.6 Å². The van der Waals surface area contributed by atoms with Gasteiger partial charge in [0.2, 0.25) is 5.91 Å². The lowest BCUT2D eigenvalue weighted by Gasteiger charge is -2.17. The predicted molar refractivity (Wildman–Crippen MR) is 121 cm³/mol. The van der Waals surface area contributed by atoms with Crippen LogP contribution in [0.3, 0.4) is 0 Å². The van der Waals surface area contributed by atoms with Gasteiger partial charge in [-0.3, -0.25) is 4.79 Å². The fourth-order valence-electron chi connectivity index (χ4n) is 3.89. The highest BCUT2D eigenvalue weighted by Crippen LogP contribution is 2.44. The Kier molecular flexibility index (Phi) is 8.26. The molecule has 0 aliphatic heterocycles. The largest absolute Gasteiger partial charge is 0.480 e. The van der Waals surface area contributed by atoms with Gasteiger partial charge in [0, 0.05) is 17.4 Å². The lowest BCUT2D eigenvalue weighted by molar-refractivity contribution is -0.139. The molecule has 0 fully saturated rings. The topological polar surface area (TPSA) is 153 Å². The van der Waals surface area contributed by atoms with E-state index in [1.807, 2.05) is 48.5 Å². The zero-order chi connectivity index (χ0) is 23.6. The van der Waals surface area contributed by atoms with Crippen LogP contribution in [0, 0.1) is 0 Å². The Bertz CT molecular complexity index is 1020. The Morgan fingerprint density at radius 1 is 1.06 bits per heavy atom. The molecule has 2 aromatic carbocycles. The van der Waals surface area contributed by atoms with E-state index in [1.54, 1.807) is 0 Å². The van der Waals surface area contributed by atoms with E-state index in [2.05, 4.69) is 20.7 Å². The molecular weight excluding hydrogens is 426 g/mol. The van der Waals surface area contributed by atoms with Gasteiger partial charge in [0.25, 0.3) is 0 Å². The van der Waals surface area contributed by atoms with Crippen LogP contribution in [0.4, 0.5) is 4.79 Å². The number of carboxylic acid groups (broad SMARTS) is 1. The molecule has 33 heavy (non-hydrogen) atoms. The van der Waals surface area contributed by atoms with Crippen LogP contribution in [-0.2, 0) is 14.3 Å². The van der Waals surface area contributed by atoms with E-state index in [-0.39, 0.29) is 25.5 Å². The number of hydrogen-bond donors (Lipinski definition) is 3. The van der Waals surface area contributed by atoms with Crippen LogP contribution in [0.2, 0.25) is 0 Å². The summed E-state index contributed by atoms with van der Waals surface area (Å²) >= 11 is 0. The number of aliphatic carboxylic acids is 1. The van der Waals surface area contributed by atoms with Gasteiger partial charge in [-0.05, 0) is 47.0 Å². The SMILES string of the molecule is [N-]=[N+]=NCC(=O)NCCCCC(NC(=O)OCC1c2ccccc2-c2ccccc21)C(=O)O. The number of alkyl carbamates (subject to hydrolysis) is 1. The molecule has 172 valence electrons. The van der Waals surface area contributed by atoms with Gasteiger partial charge in [-0.15, -0.1) is 0 Å². The molecule has 1 aliphatic rings. The van der Waals surface area contributed by atoms with Crippen LogP contribution >= 0.6 is 0 Å². The molecule has 0 saturated carbocycles. The van der Waals surface area contributed by atoms with Crippen LogP contribution in [0.15, 0.2) is 53.6 Å². The molecule has 1 atom stereocenters. The number of nitrogens with one attached hydrogen (secondary N) is 2. The summed E-state index contributed by atoms with van der Waals surface area (Å²) in [5, 5.41) is 17.6. The molecule has 0 heterocycles. The number of ether oxygens (including phenoxy) is 1. The summed E-state index contributed by atoms with van der Waals surface area (Å²) < 4.78 is 5.41. The minimum absolute atomic E-state index is 0.101. The number of amides is 2. The smallest absolute Gasteiger partial charge is 0.407 e. The average molecular weight is 451 g/mol. The molecule has 2 aromatic rings. The lowest BCUT2D eigenvalue weighted by Crippen LogP contribution is -2.41. The molecule has 0 aromatic heterocycles. The number of rotatable bonds is 11. The van der Waals surface area contributed by atoms with Crippen molar-refractivity contribution in [2.75, 3.05) is 19.7 Å². The maximum absolute atomic E-state index is 12.3. The second kappa shape index (κ2) is 11.5. The summed E-state index contributed by atoms with van der Waals surface area (Å²) in [4.78, 5) is 37.7. The van der Waals surface area contributed by atoms with Gasteiger partial charge < -0.3 is 20.5 Å². The summed E-state index contributed by atoms with van der Waals surface area (Å²) in [6, 6.07) is 14.8. The van der Waals surface area contributed by atoms with E-state index < -0.39 is 24.0 Å². The molecule has 0 saturated heterocycles. The summed E-state index contributed by atoms with van der Waals surface area (Å²) in [6.07, 6.45) is 0.374. The van der Waals surface area contributed by atoms with Crippen molar-refractivity contribution in [1.29, 1.82) is 0 Å². The molecule has 1 unspecified atom stereocenters. The van der Waals surface area contributed by atoms with Gasteiger partial charge in [0.15, 0.2) is 0 Å². The van der Waals surface area contributed by atoms with Crippen molar-refractivity contribution in [2.45, 2.75) is 31.2 Å². The predicted octanol–water partition coefficient (Wildman–Crippen LogP) is 3.58. The Morgan fingerprint density at radius 2 is 1.70 bits per heavy atom. The van der Waals surface area contributed by atoms with Crippen molar-refractivity contribution < 1.29 is 24.2 Å². The fraction of sp³-hybridized carbons (Fsp3) is 0.348. The van der Waals surface area contributed by atoms with Gasteiger partial charge in [0.05, 0.1) is 0 Å². The molecule has 0 radical (unpaired) electrons. The number of carbonyl (C=O) groups is 3. The van der Waals surface area contributed by atoms with Crippen molar-refractivity contribution in [2.24, 2.45) is 5.11 Å². The maximum Gasteiger partial charge on any atom is 0.407 e. The van der Waals surface area contributed by atoms with Crippen LogP contribution in [0.5, 0.6) is 0 Å². The number of benzene rings is 2. The summed E-state index contributed by atoms with van der Waals surface area (Å²) in [5.41, 5.74) is 12.5. The summed E-state index contributed by atoms with van der Waals surface area (Å²) in [7, 11) is 0. The van der Waals surface area contributed by atoms with Crippen molar-refractivity contribution in [3.63, 3.8) is 0 Å². The molecule has 3 N–H and O–H groups in total. The van der Waals surface area contributed by atoms with Crippen LogP contribution in [0.25, 0.3) is 21.6 Å². The zero-order valence-electron chi connectivity index (χ0n) is 17.9.